The Hall–Kier alpha value is 0.190. The number of thioether (sulfide) groups is 1. The topological polar surface area (TPSA) is 27.3 Å². The first-order chi connectivity index (χ1) is 10.4. The van der Waals surface area contributed by atoms with E-state index in [9.17, 15) is 0 Å². The molecule has 4 fully saturated rings. The van der Waals surface area contributed by atoms with Crippen LogP contribution in [0.5, 0.6) is 0 Å². The second-order valence-corrected chi connectivity index (χ2v) is 8.61. The number of hydrogen-bond donors (Lipinski definition) is 2. The molecular weight excluding hydrogens is 284 g/mol. The minimum Gasteiger partial charge on any atom is -0.370 e. The van der Waals surface area contributed by atoms with E-state index in [1.54, 1.807) is 0 Å². The molecule has 21 heavy (non-hydrogen) atoms. The van der Waals surface area contributed by atoms with Gasteiger partial charge in [-0.2, -0.15) is 0 Å². The molecule has 5 heteroatoms. The van der Waals surface area contributed by atoms with Gasteiger partial charge in [0, 0.05) is 12.8 Å². The van der Waals surface area contributed by atoms with Gasteiger partial charge in [-0.25, -0.2) is 0 Å². The highest BCUT2D eigenvalue weighted by Crippen LogP contribution is 2.40. The summed E-state index contributed by atoms with van der Waals surface area (Å²) in [5.41, 5.74) is 0. The van der Waals surface area contributed by atoms with Crippen molar-refractivity contribution in [3.63, 3.8) is 0 Å². The van der Waals surface area contributed by atoms with E-state index in [2.05, 4.69) is 11.8 Å². The van der Waals surface area contributed by atoms with Gasteiger partial charge in [0.25, 0.3) is 0 Å². The summed E-state index contributed by atoms with van der Waals surface area (Å²) in [7, 11) is 0. The van der Waals surface area contributed by atoms with Crippen LogP contribution in [0.3, 0.4) is 0 Å². The third-order valence-electron chi connectivity index (χ3n) is 6.09. The molecule has 4 aliphatic rings. The van der Waals surface area contributed by atoms with Crippen molar-refractivity contribution in [2.24, 2.45) is 0 Å². The summed E-state index contributed by atoms with van der Waals surface area (Å²) in [5, 5.41) is 1.85. The lowest BCUT2D eigenvalue weighted by atomic mass is 9.89. The number of hydrogen-bond acceptors (Lipinski definition) is 3. The Balaban J connectivity index is 1.37. The van der Waals surface area contributed by atoms with Crippen LogP contribution in [0.15, 0.2) is 0 Å². The van der Waals surface area contributed by atoms with E-state index < -0.39 is 0 Å². The highest BCUT2D eigenvalue weighted by atomic mass is 32.2. The van der Waals surface area contributed by atoms with Crippen LogP contribution in [0.25, 0.3) is 0 Å². The van der Waals surface area contributed by atoms with E-state index in [0.717, 1.165) is 49.0 Å². The minimum atomic E-state index is 0.913. The standard InChI is InChI=1S/C16H28N2O2S/c1-3-15-14(18-7-11-20-12-8-18)2-4-16(21-15)13(1)17-5-9-19-10-6-17/h13-16H,1-12H2/p+2/t13-,14-,15-,16-/m1/s1. The van der Waals surface area contributed by atoms with Gasteiger partial charge < -0.3 is 19.3 Å². The second kappa shape index (κ2) is 6.75. The van der Waals surface area contributed by atoms with Crippen molar-refractivity contribution in [1.29, 1.82) is 0 Å². The molecule has 0 amide bonds. The van der Waals surface area contributed by atoms with Crippen molar-refractivity contribution in [3.05, 3.63) is 0 Å². The Morgan fingerprint density at radius 3 is 1.48 bits per heavy atom. The summed E-state index contributed by atoms with van der Waals surface area (Å²) in [5.74, 6) is 0. The van der Waals surface area contributed by atoms with E-state index >= 15 is 0 Å². The van der Waals surface area contributed by atoms with Gasteiger partial charge >= 0.3 is 0 Å². The Labute approximate surface area is 132 Å². The van der Waals surface area contributed by atoms with E-state index in [1.807, 2.05) is 9.80 Å². The van der Waals surface area contributed by atoms with Crippen LogP contribution in [-0.2, 0) is 9.47 Å². The number of quaternary nitrogens is 2. The SMILES string of the molecule is C1C[NH+]([C@@H]2CC[C@H]3S[C@@H]2CC[C@H]3[NH+]2CCOCC2)CCO1. The van der Waals surface area contributed by atoms with Gasteiger partial charge in [-0.15, -0.1) is 11.8 Å². The lowest BCUT2D eigenvalue weighted by molar-refractivity contribution is -0.938. The molecule has 4 nitrogen and oxygen atoms in total. The van der Waals surface area contributed by atoms with E-state index in [4.69, 9.17) is 9.47 Å². The maximum Gasteiger partial charge on any atom is 0.101 e. The van der Waals surface area contributed by atoms with Crippen molar-refractivity contribution in [2.75, 3.05) is 52.6 Å². The number of morpholine rings is 2. The molecule has 0 spiro atoms. The zero-order valence-electron chi connectivity index (χ0n) is 13.0. The molecule has 4 atom stereocenters. The summed E-state index contributed by atoms with van der Waals surface area (Å²) in [4.78, 5) is 3.68. The highest BCUT2D eigenvalue weighted by molar-refractivity contribution is 8.00. The van der Waals surface area contributed by atoms with Crippen LogP contribution in [0.2, 0.25) is 0 Å². The molecule has 4 aliphatic heterocycles. The van der Waals surface area contributed by atoms with Gasteiger partial charge in [-0.3, -0.25) is 0 Å². The van der Waals surface area contributed by atoms with Crippen molar-refractivity contribution >= 4 is 11.8 Å². The summed E-state index contributed by atoms with van der Waals surface area (Å²) in [6, 6.07) is 1.83. The lowest BCUT2D eigenvalue weighted by Gasteiger charge is -2.48. The highest BCUT2D eigenvalue weighted by Gasteiger charge is 2.47. The predicted molar refractivity (Wildman–Crippen MR) is 84.2 cm³/mol. The van der Waals surface area contributed by atoms with Gasteiger partial charge in [-0.1, -0.05) is 0 Å². The van der Waals surface area contributed by atoms with E-state index in [1.165, 1.54) is 51.9 Å². The molecule has 2 bridgehead atoms. The number of rotatable bonds is 2. The maximum absolute atomic E-state index is 5.55. The van der Waals surface area contributed by atoms with Crippen LogP contribution in [0.4, 0.5) is 0 Å². The van der Waals surface area contributed by atoms with Gasteiger partial charge in [-0.05, 0) is 12.8 Å². The molecule has 0 unspecified atom stereocenters. The monoisotopic (exact) mass is 314 g/mol. The third-order valence-corrected chi connectivity index (χ3v) is 7.92. The zero-order valence-corrected chi connectivity index (χ0v) is 13.8. The molecule has 0 aromatic heterocycles. The fraction of sp³-hybridized carbons (Fsp3) is 1.00. The number of fused-ring (bicyclic) bond motifs is 2. The zero-order chi connectivity index (χ0) is 14.1. The lowest BCUT2D eigenvalue weighted by Crippen LogP contribution is -3.20. The van der Waals surface area contributed by atoms with Crippen molar-refractivity contribution in [2.45, 2.75) is 48.3 Å². The third kappa shape index (κ3) is 3.13. The molecule has 4 rings (SSSR count). The average Bonchev–Trinajstić information content (AvgIpc) is 2.57. The van der Waals surface area contributed by atoms with Gasteiger partial charge in [0.05, 0.1) is 49.0 Å². The Morgan fingerprint density at radius 1 is 0.619 bits per heavy atom. The summed E-state index contributed by atoms with van der Waals surface area (Å²) in [6.07, 6.45) is 5.81. The van der Waals surface area contributed by atoms with Crippen molar-refractivity contribution in [3.8, 4) is 0 Å². The van der Waals surface area contributed by atoms with Crippen LogP contribution < -0.4 is 9.80 Å². The molecule has 0 aromatic rings. The Kier molecular flexibility index (Phi) is 4.74. The van der Waals surface area contributed by atoms with Crippen LogP contribution in [-0.4, -0.2) is 75.2 Å². The summed E-state index contributed by atoms with van der Waals surface area (Å²) >= 11 is 2.35. The average molecular weight is 314 g/mol. The molecule has 4 heterocycles. The molecule has 120 valence electrons. The first-order valence-electron chi connectivity index (χ1n) is 8.92. The number of ether oxygens (including phenoxy) is 2. The minimum absolute atomic E-state index is 0.913. The summed E-state index contributed by atoms with van der Waals surface area (Å²) in [6.45, 7) is 8.88. The fourth-order valence-corrected chi connectivity index (χ4v) is 6.98. The van der Waals surface area contributed by atoms with Gasteiger partial charge in [0.2, 0.25) is 0 Å². The quantitative estimate of drug-likeness (QED) is 0.657. The first-order valence-corrected chi connectivity index (χ1v) is 9.86. The van der Waals surface area contributed by atoms with Crippen LogP contribution in [0.1, 0.15) is 25.7 Å². The van der Waals surface area contributed by atoms with Gasteiger partial charge in [0.15, 0.2) is 0 Å². The van der Waals surface area contributed by atoms with Crippen molar-refractivity contribution < 1.29 is 19.3 Å². The van der Waals surface area contributed by atoms with Crippen molar-refractivity contribution in [1.82, 2.24) is 0 Å². The normalized spacial score (nSPS) is 42.9. The Bertz CT molecular complexity index is 313. The fourth-order valence-electron chi connectivity index (χ4n) is 4.95. The summed E-state index contributed by atoms with van der Waals surface area (Å²) < 4.78 is 11.1. The van der Waals surface area contributed by atoms with Gasteiger partial charge in [0.1, 0.15) is 26.2 Å². The molecule has 0 saturated carbocycles. The molecule has 4 saturated heterocycles. The molecule has 2 N–H and O–H groups in total. The first kappa shape index (κ1) is 14.8. The molecule has 0 aromatic carbocycles. The smallest absolute Gasteiger partial charge is 0.101 e. The largest absolute Gasteiger partial charge is 0.370 e. The van der Waals surface area contributed by atoms with Crippen LogP contribution >= 0.6 is 11.8 Å². The van der Waals surface area contributed by atoms with E-state index in [0.29, 0.717) is 0 Å². The molecular formula is C16H30N2O2S+2. The van der Waals surface area contributed by atoms with E-state index in [-0.39, 0.29) is 0 Å². The Morgan fingerprint density at radius 2 is 1.05 bits per heavy atom. The maximum atomic E-state index is 5.55. The number of nitrogens with one attached hydrogen (secondary N) is 2. The second-order valence-electron chi connectivity index (χ2n) is 7.12. The molecule has 0 aliphatic carbocycles. The molecule has 0 radical (unpaired) electrons. The predicted octanol–water partition coefficient (Wildman–Crippen LogP) is -1.39. The van der Waals surface area contributed by atoms with Crippen LogP contribution in [0, 0.1) is 0 Å².